The molecule has 4 N–H and O–H groups in total. The number of carbonyl (C=O) groups is 3. The van der Waals surface area contributed by atoms with Crippen LogP contribution in [0.2, 0.25) is 0 Å². The van der Waals surface area contributed by atoms with Crippen molar-refractivity contribution in [3.8, 4) is 17.0 Å². The Labute approximate surface area is 342 Å². The molecule has 15 nitrogen and oxygen atoms in total. The fourth-order valence-electron chi connectivity index (χ4n) is 6.87. The van der Waals surface area contributed by atoms with Gasteiger partial charge in [0.2, 0.25) is 0 Å². The van der Waals surface area contributed by atoms with Gasteiger partial charge < -0.3 is 39.4 Å². The topological polar surface area (TPSA) is 183 Å². The molecule has 3 amide bonds. The summed E-state index contributed by atoms with van der Waals surface area (Å²) in [5.74, 6) is 0.0569. The van der Waals surface area contributed by atoms with E-state index in [0.29, 0.717) is 25.4 Å². The summed E-state index contributed by atoms with van der Waals surface area (Å²) in [6.45, 7) is 8.52. The molecule has 6 atom stereocenters. The van der Waals surface area contributed by atoms with Crippen LogP contribution in [-0.4, -0.2) is 95.6 Å². The van der Waals surface area contributed by atoms with E-state index in [4.69, 9.17) is 23.7 Å². The molecule has 2 aromatic carbocycles. The molecule has 58 heavy (non-hydrogen) atoms. The molecule has 16 heteroatoms. The predicted molar refractivity (Wildman–Crippen MR) is 215 cm³/mol. The van der Waals surface area contributed by atoms with Gasteiger partial charge in [-0.3, -0.25) is 15.2 Å². The molecular formula is C42H52N6O9S. The molecule has 0 spiro atoms. The number of hydrogen-bond donors (Lipinski definition) is 4. The van der Waals surface area contributed by atoms with Gasteiger partial charge in [-0.1, -0.05) is 63.2 Å². The lowest BCUT2D eigenvalue weighted by Gasteiger charge is -2.34. The van der Waals surface area contributed by atoms with Gasteiger partial charge in [0.15, 0.2) is 6.29 Å². The van der Waals surface area contributed by atoms with Gasteiger partial charge in [0.05, 0.1) is 54.8 Å². The Morgan fingerprint density at radius 2 is 1.76 bits per heavy atom. The zero-order valence-electron chi connectivity index (χ0n) is 33.4. The van der Waals surface area contributed by atoms with E-state index in [0.717, 1.165) is 33.1 Å². The first kappa shape index (κ1) is 42.5. The number of fused-ring (bicyclic) bond motifs is 1. The number of pyridine rings is 1. The van der Waals surface area contributed by atoms with Gasteiger partial charge in [-0.2, -0.15) is 0 Å². The zero-order valence-corrected chi connectivity index (χ0v) is 34.2. The van der Waals surface area contributed by atoms with Crippen LogP contribution >= 0.6 is 11.3 Å². The van der Waals surface area contributed by atoms with E-state index < -0.39 is 54.1 Å². The number of benzene rings is 2. The van der Waals surface area contributed by atoms with Crippen LogP contribution in [0.4, 0.5) is 9.59 Å². The molecule has 2 saturated heterocycles. The standard InChI is InChI=1S/C42H52N6O9S/c1-26-44-30(25-58-26)23-55-31-15-11-27(12-16-31)20-34(45-41(52)57-36-24-56-39-32(36)17-19-54-39)35(49)22-48(47-38(50)37(42(2,3)4)46-40(51)53-5)21-28-9-13-29(14-10-28)33-8-6-7-18-43-33/h6-16,18,25,32,34-37,39,49H,17,19-24H2,1-5H3,(H,45,52)(H,46,51)(H,47,50)/t32-,34-,35-,36-,37+,39+/m0/s1. The first-order chi connectivity index (χ1) is 27.8. The van der Waals surface area contributed by atoms with Gasteiger partial charge in [0, 0.05) is 30.2 Å². The lowest BCUT2D eigenvalue weighted by atomic mass is 9.86. The monoisotopic (exact) mass is 816 g/mol. The minimum atomic E-state index is -1.23. The average Bonchev–Trinajstić information content (AvgIpc) is 3.95. The maximum atomic E-state index is 13.9. The Bertz CT molecular complexity index is 1960. The molecule has 0 unspecified atom stereocenters. The van der Waals surface area contributed by atoms with Crippen molar-refractivity contribution in [2.24, 2.45) is 11.3 Å². The molecule has 2 aliphatic rings. The maximum absolute atomic E-state index is 13.9. The number of hydrogen-bond acceptors (Lipinski definition) is 13. The van der Waals surface area contributed by atoms with Gasteiger partial charge in [-0.15, -0.1) is 11.3 Å². The largest absolute Gasteiger partial charge is 0.487 e. The summed E-state index contributed by atoms with van der Waals surface area (Å²) in [5, 5.41) is 22.0. The Hall–Kier alpha value is -5.13. The molecule has 0 radical (unpaired) electrons. The van der Waals surface area contributed by atoms with E-state index in [-0.39, 0.29) is 32.0 Å². The minimum absolute atomic E-state index is 0.0704. The van der Waals surface area contributed by atoms with E-state index in [9.17, 15) is 19.5 Å². The van der Waals surface area contributed by atoms with Gasteiger partial charge in [-0.05, 0) is 60.6 Å². The van der Waals surface area contributed by atoms with Crippen LogP contribution < -0.4 is 20.8 Å². The highest BCUT2D eigenvalue weighted by molar-refractivity contribution is 7.09. The van der Waals surface area contributed by atoms with Crippen LogP contribution in [-0.2, 0) is 43.3 Å². The van der Waals surface area contributed by atoms with Gasteiger partial charge in [0.25, 0.3) is 5.91 Å². The van der Waals surface area contributed by atoms with Crippen molar-refractivity contribution in [1.29, 1.82) is 0 Å². The lowest BCUT2D eigenvalue weighted by molar-refractivity contribution is -0.131. The number of aryl methyl sites for hydroxylation is 1. The first-order valence-corrected chi connectivity index (χ1v) is 20.1. The third-order valence-corrected chi connectivity index (χ3v) is 10.8. The molecule has 2 aromatic heterocycles. The van der Waals surface area contributed by atoms with Crippen LogP contribution in [0.3, 0.4) is 0 Å². The molecular weight excluding hydrogens is 765 g/mol. The summed E-state index contributed by atoms with van der Waals surface area (Å²) in [7, 11) is 1.23. The molecule has 4 heterocycles. The quantitative estimate of drug-likeness (QED) is 0.109. The minimum Gasteiger partial charge on any atom is -0.487 e. The second-order valence-electron chi connectivity index (χ2n) is 15.5. The molecule has 310 valence electrons. The van der Waals surface area contributed by atoms with E-state index in [1.54, 1.807) is 22.5 Å². The molecule has 0 aliphatic carbocycles. The van der Waals surface area contributed by atoms with Crippen molar-refractivity contribution in [2.75, 3.05) is 26.9 Å². The number of ether oxygens (including phenoxy) is 5. The second kappa shape index (κ2) is 19.5. The number of nitrogens with zero attached hydrogens (tertiary/aromatic N) is 3. The van der Waals surface area contributed by atoms with Gasteiger partial charge in [0.1, 0.15) is 24.5 Å². The lowest BCUT2D eigenvalue weighted by Crippen LogP contribution is -2.59. The Morgan fingerprint density at radius 1 is 1.00 bits per heavy atom. The number of aliphatic hydroxyl groups is 1. The van der Waals surface area contributed by atoms with Crippen LogP contribution in [0, 0.1) is 18.3 Å². The number of alkyl carbamates (subject to hydrolysis) is 2. The second-order valence-corrected chi connectivity index (χ2v) is 16.5. The van der Waals surface area contributed by atoms with Crippen LogP contribution in [0.1, 0.15) is 49.0 Å². The van der Waals surface area contributed by atoms with Crippen LogP contribution in [0.15, 0.2) is 78.3 Å². The summed E-state index contributed by atoms with van der Waals surface area (Å²) in [4.78, 5) is 48.6. The fraction of sp³-hybridized carbons (Fsp3) is 0.452. The zero-order chi connectivity index (χ0) is 41.2. The smallest absolute Gasteiger partial charge is 0.407 e. The number of aromatic nitrogens is 2. The molecule has 4 aromatic rings. The number of carbonyl (C=O) groups excluding carboxylic acids is 3. The fourth-order valence-corrected chi connectivity index (χ4v) is 7.47. The SMILES string of the molecule is COC(=O)N[C@H](C(=O)NN(Cc1ccc(-c2ccccn2)cc1)C[C@H](O)[C@H](Cc1ccc(OCc2csc(C)n2)cc1)NC(=O)O[C@H]1CO[C@H]2OCC[C@H]21)C(C)(C)C. The highest BCUT2D eigenvalue weighted by Crippen LogP contribution is 2.33. The third kappa shape index (κ3) is 11.7. The van der Waals surface area contributed by atoms with Gasteiger partial charge in [-0.25, -0.2) is 19.6 Å². The summed E-state index contributed by atoms with van der Waals surface area (Å²) in [6.07, 6.45) is -0.939. The van der Waals surface area contributed by atoms with E-state index in [1.807, 2.05) is 99.8 Å². The van der Waals surface area contributed by atoms with Crippen molar-refractivity contribution in [3.05, 3.63) is 100 Å². The number of rotatable bonds is 16. The van der Waals surface area contributed by atoms with Crippen molar-refractivity contribution < 1.29 is 43.2 Å². The van der Waals surface area contributed by atoms with E-state index >= 15 is 0 Å². The molecule has 0 saturated carbocycles. The molecule has 2 fully saturated rings. The summed E-state index contributed by atoms with van der Waals surface area (Å²) >= 11 is 1.56. The highest BCUT2D eigenvalue weighted by atomic mass is 32.1. The van der Waals surface area contributed by atoms with Crippen LogP contribution in [0.25, 0.3) is 11.3 Å². The van der Waals surface area contributed by atoms with Crippen molar-refractivity contribution in [1.82, 2.24) is 31.0 Å². The van der Waals surface area contributed by atoms with E-state index in [1.165, 1.54) is 7.11 Å². The molecule has 6 rings (SSSR count). The van der Waals surface area contributed by atoms with E-state index in [2.05, 4.69) is 26.0 Å². The summed E-state index contributed by atoms with van der Waals surface area (Å²) in [6, 6.07) is 18.9. The molecule has 2 aliphatic heterocycles. The Balaban J connectivity index is 1.21. The summed E-state index contributed by atoms with van der Waals surface area (Å²) in [5.41, 5.74) is 6.42. The number of hydrazine groups is 1. The normalized spacial score (nSPS) is 19.1. The summed E-state index contributed by atoms with van der Waals surface area (Å²) < 4.78 is 27.9. The number of thiazole rings is 1. The first-order valence-electron chi connectivity index (χ1n) is 19.3. The van der Waals surface area contributed by atoms with Crippen molar-refractivity contribution >= 4 is 29.4 Å². The van der Waals surface area contributed by atoms with Gasteiger partial charge >= 0.3 is 12.2 Å². The third-order valence-electron chi connectivity index (χ3n) is 9.98. The Morgan fingerprint density at radius 3 is 2.43 bits per heavy atom. The maximum Gasteiger partial charge on any atom is 0.407 e. The highest BCUT2D eigenvalue weighted by Gasteiger charge is 2.44. The average molecular weight is 817 g/mol. The Kier molecular flexibility index (Phi) is 14.3. The number of methoxy groups -OCH3 is 1. The van der Waals surface area contributed by atoms with Crippen molar-refractivity contribution in [3.63, 3.8) is 0 Å². The molecule has 0 bridgehead atoms. The van der Waals surface area contributed by atoms with Crippen LogP contribution in [0.5, 0.6) is 5.75 Å². The number of aliphatic hydroxyl groups excluding tert-OH is 1. The number of amides is 3. The predicted octanol–water partition coefficient (Wildman–Crippen LogP) is 5.16. The van der Waals surface area contributed by atoms with Crippen molar-refractivity contribution in [2.45, 2.75) is 84.3 Å². The number of nitrogens with one attached hydrogen (secondary N) is 3.